The van der Waals surface area contributed by atoms with E-state index in [-0.39, 0.29) is 5.75 Å². The standard InChI is InChI=1S/C14H19NO5S/c1-3-11-4-6-12(7-5-11)8-21(19,20)9-13(14(17)18)15-10(2)16/h4-7,13H,3,8-9H2,1-2H3,(H,15,16)(H,17,18)/t13-/m0/s1. The fourth-order valence-corrected chi connectivity index (χ4v) is 3.41. The zero-order chi connectivity index (χ0) is 16.0. The van der Waals surface area contributed by atoms with Crippen LogP contribution in [-0.2, 0) is 31.6 Å². The molecule has 7 heteroatoms. The van der Waals surface area contributed by atoms with Crippen LogP contribution in [-0.4, -0.2) is 37.2 Å². The van der Waals surface area contributed by atoms with Gasteiger partial charge in [0.2, 0.25) is 5.91 Å². The van der Waals surface area contributed by atoms with E-state index in [4.69, 9.17) is 5.11 Å². The molecule has 1 atom stereocenters. The Balaban J connectivity index is 2.79. The minimum absolute atomic E-state index is 0.250. The highest BCUT2D eigenvalue weighted by molar-refractivity contribution is 7.90. The summed E-state index contributed by atoms with van der Waals surface area (Å²) in [5.41, 5.74) is 1.69. The third-order valence-corrected chi connectivity index (χ3v) is 4.53. The molecule has 1 amide bonds. The van der Waals surface area contributed by atoms with E-state index in [0.717, 1.165) is 18.9 Å². The molecule has 1 rings (SSSR count). The number of carboxylic acids is 1. The second-order valence-electron chi connectivity index (χ2n) is 4.82. The summed E-state index contributed by atoms with van der Waals surface area (Å²) >= 11 is 0. The van der Waals surface area contributed by atoms with Crippen molar-refractivity contribution in [3.8, 4) is 0 Å². The fourth-order valence-electron chi connectivity index (χ4n) is 1.86. The minimum Gasteiger partial charge on any atom is -0.480 e. The Morgan fingerprint density at radius 2 is 1.71 bits per heavy atom. The van der Waals surface area contributed by atoms with Crippen LogP contribution in [0.4, 0.5) is 0 Å². The van der Waals surface area contributed by atoms with Crippen LogP contribution in [0.3, 0.4) is 0 Å². The van der Waals surface area contributed by atoms with Crippen molar-refractivity contribution < 1.29 is 23.1 Å². The van der Waals surface area contributed by atoms with Crippen LogP contribution in [0.5, 0.6) is 0 Å². The molecule has 2 N–H and O–H groups in total. The van der Waals surface area contributed by atoms with Gasteiger partial charge in [-0.3, -0.25) is 4.79 Å². The molecule has 0 heterocycles. The zero-order valence-electron chi connectivity index (χ0n) is 12.0. The van der Waals surface area contributed by atoms with E-state index in [9.17, 15) is 18.0 Å². The number of rotatable bonds is 7. The first kappa shape index (κ1) is 17.2. The van der Waals surface area contributed by atoms with Gasteiger partial charge in [-0.05, 0) is 17.5 Å². The number of hydrogen-bond acceptors (Lipinski definition) is 4. The van der Waals surface area contributed by atoms with Crippen LogP contribution < -0.4 is 5.32 Å². The summed E-state index contributed by atoms with van der Waals surface area (Å²) in [6.07, 6.45) is 0.858. The Labute approximate surface area is 124 Å². The zero-order valence-corrected chi connectivity index (χ0v) is 12.8. The molecule has 0 radical (unpaired) electrons. The number of sulfone groups is 1. The lowest BCUT2D eigenvalue weighted by Gasteiger charge is -2.13. The molecule has 21 heavy (non-hydrogen) atoms. The number of carbonyl (C=O) groups is 2. The predicted octanol–water partition coefficient (Wildman–Crippen LogP) is 0.753. The number of aliphatic carboxylic acids is 1. The molecule has 116 valence electrons. The maximum Gasteiger partial charge on any atom is 0.327 e. The van der Waals surface area contributed by atoms with Gasteiger partial charge in [0, 0.05) is 6.92 Å². The van der Waals surface area contributed by atoms with Crippen molar-refractivity contribution in [2.45, 2.75) is 32.1 Å². The van der Waals surface area contributed by atoms with Crippen LogP contribution in [0.1, 0.15) is 25.0 Å². The van der Waals surface area contributed by atoms with E-state index in [2.05, 4.69) is 5.32 Å². The topological polar surface area (TPSA) is 101 Å². The highest BCUT2D eigenvalue weighted by atomic mass is 32.2. The van der Waals surface area contributed by atoms with Crippen molar-refractivity contribution in [2.24, 2.45) is 0 Å². The molecule has 0 unspecified atom stereocenters. The lowest BCUT2D eigenvalue weighted by atomic mass is 10.1. The molecular weight excluding hydrogens is 294 g/mol. The molecule has 0 aliphatic carbocycles. The second kappa shape index (κ2) is 7.21. The van der Waals surface area contributed by atoms with Gasteiger partial charge >= 0.3 is 5.97 Å². The van der Waals surface area contributed by atoms with Gasteiger partial charge in [0.15, 0.2) is 9.84 Å². The maximum atomic E-state index is 12.0. The summed E-state index contributed by atoms with van der Waals surface area (Å²) in [4.78, 5) is 21.9. The first-order valence-electron chi connectivity index (χ1n) is 6.51. The summed E-state index contributed by atoms with van der Waals surface area (Å²) < 4.78 is 24.1. The van der Waals surface area contributed by atoms with Gasteiger partial charge in [0.05, 0.1) is 11.5 Å². The summed E-state index contributed by atoms with van der Waals surface area (Å²) in [5, 5.41) is 11.1. The number of carboxylic acid groups (broad SMARTS) is 1. The molecule has 6 nitrogen and oxygen atoms in total. The van der Waals surface area contributed by atoms with Gasteiger partial charge < -0.3 is 10.4 Å². The van der Waals surface area contributed by atoms with Crippen molar-refractivity contribution in [1.82, 2.24) is 5.32 Å². The molecule has 1 aromatic carbocycles. The van der Waals surface area contributed by atoms with Gasteiger partial charge in [-0.1, -0.05) is 31.2 Å². The second-order valence-corrected chi connectivity index (χ2v) is 6.93. The van der Waals surface area contributed by atoms with Crippen molar-refractivity contribution in [3.05, 3.63) is 35.4 Å². The summed E-state index contributed by atoms with van der Waals surface area (Å²) in [5.74, 6) is -2.82. The van der Waals surface area contributed by atoms with Gasteiger partial charge in [0.1, 0.15) is 6.04 Å². The summed E-state index contributed by atoms with van der Waals surface area (Å²) in [6, 6.07) is 5.68. The predicted molar refractivity (Wildman–Crippen MR) is 78.6 cm³/mol. The molecule has 1 aromatic rings. The first-order valence-corrected chi connectivity index (χ1v) is 8.34. The fraction of sp³-hybridized carbons (Fsp3) is 0.429. The largest absolute Gasteiger partial charge is 0.480 e. The van der Waals surface area contributed by atoms with Crippen LogP contribution in [0.25, 0.3) is 0 Å². The smallest absolute Gasteiger partial charge is 0.327 e. The molecule has 0 aliphatic rings. The van der Waals surface area contributed by atoms with E-state index in [1.54, 1.807) is 12.1 Å². The number of amides is 1. The third-order valence-electron chi connectivity index (χ3n) is 2.91. The Kier molecular flexibility index (Phi) is 5.90. The first-order chi connectivity index (χ1) is 9.73. The minimum atomic E-state index is -3.64. The average molecular weight is 313 g/mol. The molecule has 0 saturated heterocycles. The number of nitrogens with one attached hydrogen (secondary N) is 1. The van der Waals surface area contributed by atoms with E-state index >= 15 is 0 Å². The van der Waals surface area contributed by atoms with E-state index < -0.39 is 33.5 Å². The van der Waals surface area contributed by atoms with Gasteiger partial charge in [-0.15, -0.1) is 0 Å². The monoisotopic (exact) mass is 313 g/mol. The van der Waals surface area contributed by atoms with E-state index in [1.165, 1.54) is 0 Å². The highest BCUT2D eigenvalue weighted by Gasteiger charge is 2.26. The Bertz CT molecular complexity index is 607. The number of hydrogen-bond donors (Lipinski definition) is 2. The molecule has 0 saturated carbocycles. The summed E-state index contributed by atoms with van der Waals surface area (Å²) in [6.45, 7) is 3.14. The van der Waals surface area contributed by atoms with Gasteiger partial charge in [-0.2, -0.15) is 0 Å². The number of aryl methyl sites for hydroxylation is 1. The van der Waals surface area contributed by atoms with Crippen LogP contribution >= 0.6 is 0 Å². The Hall–Kier alpha value is -1.89. The molecule has 0 spiro atoms. The van der Waals surface area contributed by atoms with Crippen molar-refractivity contribution in [3.63, 3.8) is 0 Å². The van der Waals surface area contributed by atoms with Crippen molar-refractivity contribution in [1.29, 1.82) is 0 Å². The summed E-state index contributed by atoms with van der Waals surface area (Å²) in [7, 11) is -3.64. The van der Waals surface area contributed by atoms with E-state index in [0.29, 0.717) is 5.56 Å². The SMILES string of the molecule is CCc1ccc(CS(=O)(=O)C[C@H](NC(C)=O)C(=O)O)cc1. The Morgan fingerprint density at radius 3 is 2.14 bits per heavy atom. The Morgan fingerprint density at radius 1 is 1.19 bits per heavy atom. The van der Waals surface area contributed by atoms with Crippen molar-refractivity contribution in [2.75, 3.05) is 5.75 Å². The molecule has 0 bridgehead atoms. The van der Waals surface area contributed by atoms with E-state index in [1.807, 2.05) is 19.1 Å². The number of carbonyl (C=O) groups excluding carboxylic acids is 1. The number of benzene rings is 1. The molecule has 0 aliphatic heterocycles. The lowest BCUT2D eigenvalue weighted by molar-refractivity contribution is -0.140. The maximum absolute atomic E-state index is 12.0. The van der Waals surface area contributed by atoms with Gasteiger partial charge in [0.25, 0.3) is 0 Å². The molecular formula is C14H19NO5S. The van der Waals surface area contributed by atoms with Crippen LogP contribution in [0.15, 0.2) is 24.3 Å². The quantitative estimate of drug-likeness (QED) is 0.774. The average Bonchev–Trinajstić information content (AvgIpc) is 2.37. The van der Waals surface area contributed by atoms with Crippen LogP contribution in [0, 0.1) is 0 Å². The third kappa shape index (κ3) is 5.95. The van der Waals surface area contributed by atoms with Crippen LogP contribution in [0.2, 0.25) is 0 Å². The lowest BCUT2D eigenvalue weighted by Crippen LogP contribution is -2.44. The molecule has 0 aromatic heterocycles. The van der Waals surface area contributed by atoms with Gasteiger partial charge in [-0.25, -0.2) is 13.2 Å². The van der Waals surface area contributed by atoms with Crippen molar-refractivity contribution >= 4 is 21.7 Å². The molecule has 0 fully saturated rings. The normalized spacial score (nSPS) is 12.7. The highest BCUT2D eigenvalue weighted by Crippen LogP contribution is 2.10.